The number of primary amides is 1. The van der Waals surface area contributed by atoms with Crippen molar-refractivity contribution in [2.45, 2.75) is 69.4 Å². The zero-order valence-corrected chi connectivity index (χ0v) is 25.9. The van der Waals surface area contributed by atoms with E-state index in [0.717, 1.165) is 69.4 Å². The summed E-state index contributed by atoms with van der Waals surface area (Å²) in [6, 6.07) is 10.7. The van der Waals surface area contributed by atoms with Gasteiger partial charge in [-0.25, -0.2) is 0 Å². The molecule has 45 heavy (non-hydrogen) atoms. The number of nitrogens with one attached hydrogen (secondary N) is 2. The van der Waals surface area contributed by atoms with E-state index in [9.17, 15) is 19.2 Å². The van der Waals surface area contributed by atoms with Crippen LogP contribution in [0.25, 0.3) is 11.3 Å². The van der Waals surface area contributed by atoms with Crippen LogP contribution in [0.5, 0.6) is 0 Å². The first kappa shape index (κ1) is 32.0. The van der Waals surface area contributed by atoms with Gasteiger partial charge in [0.25, 0.3) is 5.91 Å². The average Bonchev–Trinajstić information content (AvgIpc) is 3.52. The van der Waals surface area contributed by atoms with Crippen molar-refractivity contribution in [1.29, 1.82) is 0 Å². The van der Waals surface area contributed by atoms with Gasteiger partial charge in [-0.05, 0) is 101 Å². The summed E-state index contributed by atoms with van der Waals surface area (Å²) in [5.74, 6) is -0.163. The van der Waals surface area contributed by atoms with Gasteiger partial charge < -0.3 is 26.1 Å². The van der Waals surface area contributed by atoms with Gasteiger partial charge in [0, 0.05) is 47.6 Å². The molecule has 1 saturated heterocycles. The van der Waals surface area contributed by atoms with Crippen LogP contribution in [0.4, 0.5) is 5.69 Å². The van der Waals surface area contributed by atoms with Crippen LogP contribution in [0.15, 0.2) is 48.8 Å². The Labute approximate surface area is 264 Å². The minimum Gasteiger partial charge on any atom is -0.385 e. The number of carbonyl (C=O) groups is 4. The molecule has 3 heterocycles. The van der Waals surface area contributed by atoms with Crippen LogP contribution in [-0.4, -0.2) is 76.8 Å². The lowest BCUT2D eigenvalue weighted by Gasteiger charge is -2.35. The lowest BCUT2D eigenvalue weighted by Crippen LogP contribution is -2.44. The molecule has 1 saturated carbocycles. The molecule has 0 spiro atoms. The van der Waals surface area contributed by atoms with Crippen LogP contribution in [0, 0.1) is 5.92 Å². The van der Waals surface area contributed by atoms with Crippen LogP contribution in [0.3, 0.4) is 0 Å². The number of hydrogen-bond donors (Lipinski definition) is 3. The van der Waals surface area contributed by atoms with E-state index in [1.54, 1.807) is 18.2 Å². The normalized spacial score (nSPS) is 19.3. The van der Waals surface area contributed by atoms with Crippen molar-refractivity contribution in [2.75, 3.05) is 32.0 Å². The maximum absolute atomic E-state index is 12.8. The van der Waals surface area contributed by atoms with Crippen LogP contribution < -0.4 is 16.4 Å². The highest BCUT2D eigenvalue weighted by molar-refractivity contribution is 6.03. The minimum atomic E-state index is -0.990. The zero-order chi connectivity index (χ0) is 31.8. The number of rotatable bonds is 15. The van der Waals surface area contributed by atoms with Gasteiger partial charge in [0.05, 0.1) is 23.5 Å². The van der Waals surface area contributed by atoms with Gasteiger partial charge in [0.2, 0.25) is 5.91 Å². The number of nitrogens with zero attached hydrogens (tertiary/aromatic N) is 4. The number of pyridine rings is 1. The Morgan fingerprint density at radius 2 is 1.93 bits per heavy atom. The Kier molecular flexibility index (Phi) is 10.7. The molecule has 4 N–H and O–H groups in total. The third kappa shape index (κ3) is 8.21. The Hall–Kier alpha value is -4.38. The fourth-order valence-corrected chi connectivity index (χ4v) is 6.31. The van der Waals surface area contributed by atoms with E-state index in [-0.39, 0.29) is 24.0 Å². The Bertz CT molecular complexity index is 1490. The molecule has 3 aromatic rings. The average molecular weight is 614 g/mol. The monoisotopic (exact) mass is 613 g/mol. The Morgan fingerprint density at radius 3 is 2.67 bits per heavy atom. The maximum atomic E-state index is 12.8. The highest BCUT2D eigenvalue weighted by Gasteiger charge is 2.31. The van der Waals surface area contributed by atoms with Crippen molar-refractivity contribution in [2.24, 2.45) is 11.7 Å². The molecule has 0 radical (unpaired) electrons. The van der Waals surface area contributed by atoms with Crippen molar-refractivity contribution >= 4 is 30.1 Å². The standard InChI is InChI=1S/C34H43N7O4/c1-40-14-11-24(12-15-40)30-6-2-7-31(38-30)26-20-37-41(21-26)28-17-23(18-28)5-3-13-36-27-10-9-25(22-43)29(19-27)34(45)39-32(33(35)44)8-4-16-42/h2,6-7,9-10,16,19-24,28,32,36H,3-5,8,11-15,17-18H2,1H3,(H2,35,44)(H,39,45)/t23-,28-,32?. The largest absolute Gasteiger partial charge is 0.385 e. The highest BCUT2D eigenvalue weighted by Crippen LogP contribution is 2.40. The van der Waals surface area contributed by atoms with Crippen molar-refractivity contribution in [1.82, 2.24) is 25.0 Å². The maximum Gasteiger partial charge on any atom is 0.252 e. The second-order valence-electron chi connectivity index (χ2n) is 12.4. The van der Waals surface area contributed by atoms with Gasteiger partial charge in [-0.15, -0.1) is 0 Å². The third-order valence-electron chi connectivity index (χ3n) is 9.15. The molecular weight excluding hydrogens is 570 g/mol. The molecule has 2 aliphatic rings. The molecule has 1 unspecified atom stereocenters. The third-order valence-corrected chi connectivity index (χ3v) is 9.15. The minimum absolute atomic E-state index is 0.0888. The van der Waals surface area contributed by atoms with Crippen molar-refractivity contribution < 1.29 is 19.2 Å². The predicted octanol–water partition coefficient (Wildman–Crippen LogP) is 3.97. The molecule has 1 atom stereocenters. The Morgan fingerprint density at radius 1 is 1.13 bits per heavy atom. The van der Waals surface area contributed by atoms with Crippen molar-refractivity contribution in [3.63, 3.8) is 0 Å². The van der Waals surface area contributed by atoms with Gasteiger partial charge in [0.1, 0.15) is 12.3 Å². The van der Waals surface area contributed by atoms with Gasteiger partial charge in [-0.3, -0.25) is 24.0 Å². The van der Waals surface area contributed by atoms with Gasteiger partial charge >= 0.3 is 0 Å². The molecule has 2 amide bonds. The van der Waals surface area contributed by atoms with E-state index in [0.29, 0.717) is 36.1 Å². The zero-order valence-electron chi connectivity index (χ0n) is 25.9. The topological polar surface area (TPSA) is 152 Å². The van der Waals surface area contributed by atoms with Crippen LogP contribution in [0.1, 0.15) is 89.7 Å². The molecule has 238 valence electrons. The van der Waals surface area contributed by atoms with Crippen molar-refractivity contribution in [3.05, 3.63) is 65.6 Å². The van der Waals surface area contributed by atoms with E-state index in [4.69, 9.17) is 10.7 Å². The SMILES string of the molecule is CN1CCC(c2cccc(-c3cnn([C@H]4C[C@H](CCCNc5ccc(C=O)c(C(=O)NC(CCC=O)C(N)=O)c5)C4)c3)n2)CC1. The van der Waals surface area contributed by atoms with E-state index < -0.39 is 17.9 Å². The summed E-state index contributed by atoms with van der Waals surface area (Å²) < 4.78 is 2.09. The first-order valence-corrected chi connectivity index (χ1v) is 15.9. The number of aromatic nitrogens is 3. The summed E-state index contributed by atoms with van der Waals surface area (Å²) in [7, 11) is 2.18. The second kappa shape index (κ2) is 15.1. The van der Waals surface area contributed by atoms with E-state index in [1.807, 2.05) is 6.20 Å². The van der Waals surface area contributed by atoms with Crippen LogP contribution in [0.2, 0.25) is 0 Å². The van der Waals surface area contributed by atoms with Crippen LogP contribution in [-0.2, 0) is 9.59 Å². The summed E-state index contributed by atoms with van der Waals surface area (Å²) in [6.45, 7) is 2.95. The number of likely N-dealkylation sites (tertiary alicyclic amines) is 1. The summed E-state index contributed by atoms with van der Waals surface area (Å²) in [4.78, 5) is 54.1. The summed E-state index contributed by atoms with van der Waals surface area (Å²) in [6.07, 6.45) is 12.0. The quantitative estimate of drug-likeness (QED) is 0.172. The molecule has 1 aliphatic heterocycles. The number of anilines is 1. The Balaban J connectivity index is 1.07. The molecule has 11 heteroatoms. The number of amides is 2. The summed E-state index contributed by atoms with van der Waals surface area (Å²) in [5.41, 5.74) is 9.68. The van der Waals surface area contributed by atoms with Gasteiger partial charge in [0.15, 0.2) is 6.29 Å². The molecule has 1 aromatic carbocycles. The van der Waals surface area contributed by atoms with Crippen LogP contribution >= 0.6 is 0 Å². The summed E-state index contributed by atoms with van der Waals surface area (Å²) in [5, 5.41) is 10.6. The van der Waals surface area contributed by atoms with E-state index >= 15 is 0 Å². The molecule has 0 bridgehead atoms. The molecule has 5 rings (SSSR count). The molecular formula is C34H43N7O4. The number of piperidine rings is 1. The second-order valence-corrected chi connectivity index (χ2v) is 12.4. The fourth-order valence-electron chi connectivity index (χ4n) is 6.31. The lowest BCUT2D eigenvalue weighted by molar-refractivity contribution is -0.120. The van der Waals surface area contributed by atoms with E-state index in [1.165, 1.54) is 5.69 Å². The molecule has 11 nitrogen and oxygen atoms in total. The smallest absolute Gasteiger partial charge is 0.252 e. The van der Waals surface area contributed by atoms with E-state index in [2.05, 4.69) is 56.8 Å². The number of nitrogens with two attached hydrogens (primary N) is 1. The number of benzene rings is 1. The molecule has 1 aliphatic carbocycles. The molecule has 2 fully saturated rings. The fraction of sp³-hybridized carbons (Fsp3) is 0.471. The molecule has 2 aromatic heterocycles. The first-order chi connectivity index (χ1) is 21.8. The highest BCUT2D eigenvalue weighted by atomic mass is 16.2. The first-order valence-electron chi connectivity index (χ1n) is 15.9. The van der Waals surface area contributed by atoms with Gasteiger partial charge in [-0.1, -0.05) is 6.07 Å². The summed E-state index contributed by atoms with van der Waals surface area (Å²) >= 11 is 0. The predicted molar refractivity (Wildman–Crippen MR) is 172 cm³/mol. The number of aldehydes is 2. The number of carbonyl (C=O) groups excluding carboxylic acids is 4. The van der Waals surface area contributed by atoms with Crippen molar-refractivity contribution in [3.8, 4) is 11.3 Å². The van der Waals surface area contributed by atoms with Gasteiger partial charge in [-0.2, -0.15) is 5.10 Å². The number of hydrogen-bond acceptors (Lipinski definition) is 8. The lowest BCUT2D eigenvalue weighted by atomic mass is 9.77.